The second kappa shape index (κ2) is 7.71. The van der Waals surface area contributed by atoms with Gasteiger partial charge in [0.2, 0.25) is 15.2 Å². The van der Waals surface area contributed by atoms with Gasteiger partial charge in [-0.3, -0.25) is 14.4 Å². The number of carbonyl (C=O) groups excluding carboxylic acids is 1. The van der Waals surface area contributed by atoms with Crippen molar-refractivity contribution in [2.75, 3.05) is 27.7 Å². The summed E-state index contributed by atoms with van der Waals surface area (Å²) in [5.41, 5.74) is 0.907. The van der Waals surface area contributed by atoms with Gasteiger partial charge in [-0.1, -0.05) is 36.1 Å². The Kier molecular flexibility index (Phi) is 5.60. The molecule has 1 amide bonds. The van der Waals surface area contributed by atoms with Crippen molar-refractivity contribution < 1.29 is 13.2 Å². The molecule has 3 rings (SSSR count). The molecule has 0 bridgehead atoms. The maximum absolute atomic E-state index is 12.4. The molecule has 10 heteroatoms. The molecule has 25 heavy (non-hydrogen) atoms. The molecule has 0 unspecified atom stereocenters. The summed E-state index contributed by atoms with van der Waals surface area (Å²) >= 11 is 2.88. The fourth-order valence-electron chi connectivity index (χ4n) is 2.49. The fourth-order valence-corrected chi connectivity index (χ4v) is 5.77. The van der Waals surface area contributed by atoms with Crippen molar-refractivity contribution in [3.63, 3.8) is 0 Å². The van der Waals surface area contributed by atoms with Gasteiger partial charge in [-0.15, -0.1) is 10.2 Å². The van der Waals surface area contributed by atoms with Gasteiger partial charge in [-0.25, -0.2) is 8.42 Å². The molecule has 1 aliphatic rings. The van der Waals surface area contributed by atoms with Gasteiger partial charge in [0.15, 0.2) is 4.34 Å². The van der Waals surface area contributed by atoms with Crippen LogP contribution in [0.5, 0.6) is 0 Å². The van der Waals surface area contributed by atoms with Crippen LogP contribution in [0.3, 0.4) is 0 Å². The van der Waals surface area contributed by atoms with E-state index in [4.69, 9.17) is 0 Å². The molecule has 1 aromatic heterocycles. The molecule has 1 fully saturated rings. The van der Waals surface area contributed by atoms with Crippen LogP contribution in [-0.2, 0) is 10.0 Å². The Morgan fingerprint density at radius 1 is 1.36 bits per heavy atom. The Hall–Kier alpha value is -1.65. The zero-order chi connectivity index (χ0) is 17.9. The van der Waals surface area contributed by atoms with Crippen molar-refractivity contribution >= 4 is 49.8 Å². The third-order valence-corrected chi connectivity index (χ3v) is 7.36. The number of hydrogen-bond donors (Lipinski definition) is 1. The Morgan fingerprint density at radius 3 is 2.96 bits per heavy atom. The van der Waals surface area contributed by atoms with E-state index in [2.05, 4.69) is 15.5 Å². The number of amides is 1. The normalized spacial score (nSPS) is 16.6. The largest absolute Gasteiger partial charge is 0.296 e. The highest BCUT2D eigenvalue weighted by Gasteiger charge is 2.26. The van der Waals surface area contributed by atoms with Gasteiger partial charge >= 0.3 is 0 Å². The molecule has 0 saturated carbocycles. The summed E-state index contributed by atoms with van der Waals surface area (Å²) in [5.74, 6) is 0.696. The molecular weight excluding hydrogens is 380 g/mol. The molecule has 1 aromatic carbocycles. The molecule has 1 saturated heterocycles. The quantitative estimate of drug-likeness (QED) is 0.615. The molecule has 0 atom stereocenters. The number of benzene rings is 1. The Bertz CT molecular complexity index is 866. The van der Waals surface area contributed by atoms with E-state index >= 15 is 0 Å². The van der Waals surface area contributed by atoms with E-state index in [9.17, 15) is 13.2 Å². The Labute approximate surface area is 154 Å². The lowest BCUT2D eigenvalue weighted by atomic mass is 10.2. The smallest absolute Gasteiger partial charge is 0.257 e. The van der Waals surface area contributed by atoms with Crippen LogP contribution < -0.4 is 9.62 Å². The minimum absolute atomic E-state index is 0.145. The van der Waals surface area contributed by atoms with E-state index in [0.29, 0.717) is 29.3 Å². The SMILES string of the molecule is CCSc1nnc(NC(=O)c2cccc(N3CCCCS3(=O)=O)c2)s1. The zero-order valence-electron chi connectivity index (χ0n) is 13.6. The third-order valence-electron chi connectivity index (χ3n) is 3.64. The number of sulfonamides is 1. The van der Waals surface area contributed by atoms with Crippen molar-refractivity contribution in [1.82, 2.24) is 10.2 Å². The van der Waals surface area contributed by atoms with Crippen molar-refractivity contribution in [2.24, 2.45) is 0 Å². The van der Waals surface area contributed by atoms with Crippen LogP contribution in [0.15, 0.2) is 28.6 Å². The van der Waals surface area contributed by atoms with Crippen LogP contribution in [-0.4, -0.2) is 42.6 Å². The summed E-state index contributed by atoms with van der Waals surface area (Å²) < 4.78 is 26.6. The van der Waals surface area contributed by atoms with Crippen LogP contribution in [0, 0.1) is 0 Å². The fraction of sp³-hybridized carbons (Fsp3) is 0.400. The number of rotatable bonds is 5. The van der Waals surface area contributed by atoms with E-state index in [-0.39, 0.29) is 11.7 Å². The van der Waals surface area contributed by atoms with Crippen LogP contribution in [0.4, 0.5) is 10.8 Å². The van der Waals surface area contributed by atoms with Crippen LogP contribution in [0.25, 0.3) is 0 Å². The molecule has 0 spiro atoms. The standard InChI is InChI=1S/C15H18N4O3S3/c1-2-23-15-18-17-14(24-15)16-13(20)11-6-5-7-12(10-11)19-8-3-4-9-25(19,21)22/h5-7,10H,2-4,8-9H2,1H3,(H,16,17,20). The monoisotopic (exact) mass is 398 g/mol. The molecule has 0 aliphatic carbocycles. The lowest BCUT2D eigenvalue weighted by Crippen LogP contribution is -2.37. The van der Waals surface area contributed by atoms with Gasteiger partial charge < -0.3 is 0 Å². The summed E-state index contributed by atoms with van der Waals surface area (Å²) in [4.78, 5) is 12.4. The zero-order valence-corrected chi connectivity index (χ0v) is 16.1. The molecule has 7 nitrogen and oxygen atoms in total. The number of nitrogens with zero attached hydrogens (tertiary/aromatic N) is 3. The highest BCUT2D eigenvalue weighted by atomic mass is 32.2. The van der Waals surface area contributed by atoms with E-state index in [1.54, 1.807) is 36.0 Å². The van der Waals surface area contributed by atoms with E-state index in [0.717, 1.165) is 16.5 Å². The number of nitrogens with one attached hydrogen (secondary N) is 1. The first-order valence-corrected chi connectivity index (χ1v) is 11.3. The summed E-state index contributed by atoms with van der Waals surface area (Å²) in [6.07, 6.45) is 1.49. The number of hydrogen-bond acceptors (Lipinski definition) is 7. The van der Waals surface area contributed by atoms with Crippen LogP contribution in [0.2, 0.25) is 0 Å². The molecule has 2 aromatic rings. The van der Waals surface area contributed by atoms with Gasteiger partial charge in [0, 0.05) is 12.1 Å². The predicted octanol–water partition coefficient (Wildman–Crippen LogP) is 2.83. The number of carbonyl (C=O) groups is 1. The molecule has 1 N–H and O–H groups in total. The molecule has 1 aliphatic heterocycles. The summed E-state index contributed by atoms with van der Waals surface area (Å²) in [6.45, 7) is 2.46. The van der Waals surface area contributed by atoms with Crippen molar-refractivity contribution in [3.05, 3.63) is 29.8 Å². The number of aromatic nitrogens is 2. The van der Waals surface area contributed by atoms with Gasteiger partial charge in [0.25, 0.3) is 5.91 Å². The van der Waals surface area contributed by atoms with Gasteiger partial charge in [-0.2, -0.15) is 0 Å². The Morgan fingerprint density at radius 2 is 2.20 bits per heavy atom. The summed E-state index contributed by atoms with van der Waals surface area (Å²) in [6, 6.07) is 6.65. The maximum Gasteiger partial charge on any atom is 0.257 e. The van der Waals surface area contributed by atoms with Crippen molar-refractivity contribution in [3.8, 4) is 0 Å². The highest BCUT2D eigenvalue weighted by molar-refractivity contribution is 8.01. The van der Waals surface area contributed by atoms with Crippen LogP contribution >= 0.6 is 23.1 Å². The molecule has 2 heterocycles. The average molecular weight is 399 g/mol. The second-order valence-corrected chi connectivity index (χ2v) is 9.91. The molecular formula is C15H18N4O3S3. The van der Waals surface area contributed by atoms with Gasteiger partial charge in [-0.05, 0) is 36.8 Å². The van der Waals surface area contributed by atoms with Gasteiger partial charge in [0.1, 0.15) is 0 Å². The minimum Gasteiger partial charge on any atom is -0.296 e. The first-order chi connectivity index (χ1) is 12.0. The number of thioether (sulfide) groups is 1. The minimum atomic E-state index is -3.30. The lowest BCUT2D eigenvalue weighted by molar-refractivity contribution is 0.102. The van der Waals surface area contributed by atoms with E-state index < -0.39 is 10.0 Å². The van der Waals surface area contributed by atoms with Crippen molar-refractivity contribution in [1.29, 1.82) is 0 Å². The maximum atomic E-state index is 12.4. The second-order valence-electron chi connectivity index (χ2n) is 5.41. The average Bonchev–Trinajstić information content (AvgIpc) is 3.02. The summed E-state index contributed by atoms with van der Waals surface area (Å²) in [5, 5.41) is 11.1. The third kappa shape index (κ3) is 4.31. The lowest BCUT2D eigenvalue weighted by Gasteiger charge is -2.28. The highest BCUT2D eigenvalue weighted by Crippen LogP contribution is 2.27. The number of anilines is 2. The van der Waals surface area contributed by atoms with E-state index in [1.807, 2.05) is 6.92 Å². The Balaban J connectivity index is 1.77. The first kappa shape index (κ1) is 18.2. The molecule has 0 radical (unpaired) electrons. The van der Waals surface area contributed by atoms with Gasteiger partial charge in [0.05, 0.1) is 11.4 Å². The predicted molar refractivity (Wildman–Crippen MR) is 101 cm³/mol. The van der Waals surface area contributed by atoms with E-state index in [1.165, 1.54) is 15.6 Å². The first-order valence-electron chi connectivity index (χ1n) is 7.88. The van der Waals surface area contributed by atoms with Crippen molar-refractivity contribution in [2.45, 2.75) is 24.1 Å². The summed E-state index contributed by atoms with van der Waals surface area (Å²) in [7, 11) is -3.30. The van der Waals surface area contributed by atoms with Crippen LogP contribution in [0.1, 0.15) is 30.1 Å². The topological polar surface area (TPSA) is 92.3 Å². The molecule has 134 valence electrons.